The largest absolute Gasteiger partial charge is 0.458 e. The van der Waals surface area contributed by atoms with Gasteiger partial charge in [0.05, 0.1) is 0 Å². The van der Waals surface area contributed by atoms with Crippen LogP contribution in [-0.4, -0.2) is 36.8 Å². The Morgan fingerprint density at radius 1 is 1.50 bits per heavy atom. The number of furan rings is 2. The Bertz CT molecular complexity index is 815. The van der Waals surface area contributed by atoms with Crippen molar-refractivity contribution in [3.8, 4) is 5.75 Å². The van der Waals surface area contributed by atoms with Crippen LogP contribution in [0.5, 0.6) is 5.75 Å². The van der Waals surface area contributed by atoms with Crippen LogP contribution in [0.3, 0.4) is 0 Å². The lowest BCUT2D eigenvalue weighted by atomic mass is 10.1. The van der Waals surface area contributed by atoms with Crippen molar-refractivity contribution in [2.24, 2.45) is 0 Å². The predicted octanol–water partition coefficient (Wildman–Crippen LogP) is 0.836. The average Bonchev–Trinajstić information content (AvgIpc) is 2.85. The molecule has 2 bridgehead atoms. The molecule has 1 atom stereocenters. The Morgan fingerprint density at radius 3 is 2.85 bits per heavy atom. The molecule has 0 saturated heterocycles. The number of hydrogen-bond acceptors (Lipinski definition) is 7. The molecule has 2 aromatic heterocycles. The Labute approximate surface area is 112 Å². The van der Waals surface area contributed by atoms with Crippen LogP contribution in [-0.2, 0) is 14.9 Å². The first-order chi connectivity index (χ1) is 9.26. The van der Waals surface area contributed by atoms with Crippen molar-refractivity contribution in [2.75, 3.05) is 5.75 Å². The maximum absolute atomic E-state index is 12.0. The van der Waals surface area contributed by atoms with Crippen LogP contribution in [0.25, 0.3) is 11.2 Å². The second-order valence-electron chi connectivity index (χ2n) is 4.41. The van der Waals surface area contributed by atoms with E-state index in [1.165, 1.54) is 13.0 Å². The van der Waals surface area contributed by atoms with Crippen molar-refractivity contribution in [1.29, 1.82) is 0 Å². The maximum Gasteiger partial charge on any atom is 0.348 e. The molecule has 9 heteroatoms. The topological polar surface area (TPSA) is 120 Å². The van der Waals surface area contributed by atoms with Gasteiger partial charge in [-0.1, -0.05) is 0 Å². The molecule has 1 unspecified atom stereocenters. The third-order valence-corrected chi connectivity index (χ3v) is 3.68. The lowest BCUT2D eigenvalue weighted by molar-refractivity contribution is 0.0379. The van der Waals surface area contributed by atoms with E-state index in [1.54, 1.807) is 0 Å². The molecule has 0 radical (unpaired) electrons. The summed E-state index contributed by atoms with van der Waals surface area (Å²) in [5.41, 5.74) is 0.217. The zero-order valence-corrected chi connectivity index (χ0v) is 10.9. The van der Waals surface area contributed by atoms with E-state index in [9.17, 15) is 18.0 Å². The summed E-state index contributed by atoms with van der Waals surface area (Å²) in [6.07, 6.45) is -1.07. The Morgan fingerprint density at radius 2 is 2.20 bits per heavy atom. The number of benzene rings is 1. The van der Waals surface area contributed by atoms with Crippen molar-refractivity contribution in [3.05, 3.63) is 17.2 Å². The highest BCUT2D eigenvalue weighted by atomic mass is 32.2. The van der Waals surface area contributed by atoms with Gasteiger partial charge in [0.1, 0.15) is 28.6 Å². The van der Waals surface area contributed by atoms with Gasteiger partial charge in [-0.3, -0.25) is 4.55 Å². The molecule has 2 aromatic rings. The van der Waals surface area contributed by atoms with Gasteiger partial charge in [0.2, 0.25) is 0 Å². The molecule has 106 valence electrons. The molecule has 1 aliphatic heterocycles. The van der Waals surface area contributed by atoms with E-state index in [0.29, 0.717) is 0 Å². The third-order valence-electron chi connectivity index (χ3n) is 2.79. The average molecular weight is 300 g/mol. The highest BCUT2D eigenvalue weighted by molar-refractivity contribution is 7.85. The van der Waals surface area contributed by atoms with E-state index >= 15 is 0 Å². The van der Waals surface area contributed by atoms with Crippen LogP contribution in [0.4, 0.5) is 0 Å². The molecule has 8 nitrogen and oxygen atoms in total. The lowest BCUT2D eigenvalue weighted by Gasteiger charge is -2.10. The van der Waals surface area contributed by atoms with Crippen LogP contribution in [0.15, 0.2) is 10.5 Å². The number of hydrogen-bond donors (Lipinski definition) is 1. The highest BCUT2D eigenvalue weighted by Crippen LogP contribution is 2.42. The summed E-state index contributed by atoms with van der Waals surface area (Å²) in [5.74, 6) is -2.11. The molecule has 0 fully saturated rings. The van der Waals surface area contributed by atoms with Crippen LogP contribution in [0.1, 0.15) is 27.6 Å². The summed E-state index contributed by atoms with van der Waals surface area (Å²) in [6, 6.07) is 1.38. The van der Waals surface area contributed by atoms with Gasteiger partial charge in [0.15, 0.2) is 11.3 Å². The van der Waals surface area contributed by atoms with Gasteiger partial charge in [-0.05, 0) is 6.92 Å². The molecule has 0 aromatic carbocycles. The minimum atomic E-state index is -4.26. The van der Waals surface area contributed by atoms with Crippen molar-refractivity contribution in [2.45, 2.75) is 13.0 Å². The number of carbonyl (C=O) groups excluding carboxylic acids is 2. The van der Waals surface area contributed by atoms with Crippen molar-refractivity contribution >= 4 is 33.2 Å². The lowest BCUT2D eigenvalue weighted by Crippen LogP contribution is -2.24. The fourth-order valence-corrected chi connectivity index (χ4v) is 2.77. The molecule has 1 aliphatic rings. The van der Waals surface area contributed by atoms with E-state index in [0.717, 1.165) is 0 Å². The molecule has 3 heterocycles. The molecular weight excluding hydrogens is 292 g/mol. The third kappa shape index (κ3) is 1.91. The fourth-order valence-electron chi connectivity index (χ4n) is 2.10. The SMILES string of the molecule is CC(CS(=O)(=O)O)OC(=O)c1c2c3oc1cc3OC2=O. The second kappa shape index (κ2) is 3.93. The van der Waals surface area contributed by atoms with E-state index in [-0.39, 0.29) is 28.0 Å². The first-order valence-corrected chi connectivity index (χ1v) is 7.14. The number of carbonyl (C=O) groups is 2. The zero-order valence-electron chi connectivity index (χ0n) is 10.1. The summed E-state index contributed by atoms with van der Waals surface area (Å²) in [7, 11) is -4.26. The van der Waals surface area contributed by atoms with Crippen molar-refractivity contribution in [3.63, 3.8) is 0 Å². The van der Waals surface area contributed by atoms with Gasteiger partial charge in [-0.2, -0.15) is 8.42 Å². The van der Waals surface area contributed by atoms with Crippen LogP contribution < -0.4 is 4.74 Å². The van der Waals surface area contributed by atoms with Crippen LogP contribution in [0.2, 0.25) is 0 Å². The normalized spacial score (nSPS) is 15.6. The number of esters is 2. The smallest absolute Gasteiger partial charge is 0.348 e. The minimum absolute atomic E-state index is 0.0124. The quantitative estimate of drug-likeness (QED) is 0.651. The Balaban J connectivity index is 1.86. The van der Waals surface area contributed by atoms with Crippen molar-refractivity contribution in [1.82, 2.24) is 0 Å². The molecule has 20 heavy (non-hydrogen) atoms. The predicted molar refractivity (Wildman–Crippen MR) is 63.7 cm³/mol. The molecule has 1 N–H and O–H groups in total. The fraction of sp³-hybridized carbons (Fsp3) is 0.273. The van der Waals surface area contributed by atoms with Crippen LogP contribution >= 0.6 is 0 Å². The van der Waals surface area contributed by atoms with Gasteiger partial charge in [0.25, 0.3) is 10.1 Å². The van der Waals surface area contributed by atoms with E-state index in [4.69, 9.17) is 18.4 Å². The van der Waals surface area contributed by atoms with Gasteiger partial charge >= 0.3 is 11.9 Å². The first-order valence-electron chi connectivity index (χ1n) is 5.53. The first kappa shape index (κ1) is 12.9. The highest BCUT2D eigenvalue weighted by Gasteiger charge is 2.39. The second-order valence-corrected chi connectivity index (χ2v) is 5.91. The zero-order chi connectivity index (χ0) is 14.7. The van der Waals surface area contributed by atoms with E-state index < -0.39 is 33.9 Å². The standard InChI is InChI=1S/C11H8O8S/c1-4(3-20(14,15)16)17-10(12)7-5-2-6-9(18-5)8(7)11(13)19-6/h2,4H,3H2,1H3,(H,14,15,16). The summed E-state index contributed by atoms with van der Waals surface area (Å²) in [5, 5.41) is 0. The molecule has 0 aliphatic carbocycles. The molecule has 3 rings (SSSR count). The number of fused-ring (bicyclic) bond motifs is 1. The van der Waals surface area contributed by atoms with Crippen LogP contribution in [0, 0.1) is 0 Å². The van der Waals surface area contributed by atoms with Gasteiger partial charge < -0.3 is 13.9 Å². The maximum atomic E-state index is 12.0. The van der Waals surface area contributed by atoms with E-state index in [2.05, 4.69) is 0 Å². The van der Waals surface area contributed by atoms with Gasteiger partial charge in [-0.15, -0.1) is 0 Å². The van der Waals surface area contributed by atoms with Gasteiger partial charge in [-0.25, -0.2) is 9.59 Å². The number of ether oxygens (including phenoxy) is 2. The number of rotatable bonds is 4. The Kier molecular flexibility index (Phi) is 2.53. The molecular formula is C11H8O8S. The summed E-state index contributed by atoms with van der Waals surface area (Å²) < 4.78 is 45.0. The summed E-state index contributed by atoms with van der Waals surface area (Å²) in [4.78, 5) is 23.5. The summed E-state index contributed by atoms with van der Waals surface area (Å²) in [6.45, 7) is 1.30. The van der Waals surface area contributed by atoms with E-state index in [1.807, 2.05) is 0 Å². The van der Waals surface area contributed by atoms with Gasteiger partial charge in [0, 0.05) is 6.07 Å². The summed E-state index contributed by atoms with van der Waals surface area (Å²) >= 11 is 0. The van der Waals surface area contributed by atoms with Crippen molar-refractivity contribution < 1.29 is 36.5 Å². The minimum Gasteiger partial charge on any atom is -0.458 e. The monoisotopic (exact) mass is 300 g/mol. The Hall–Kier alpha value is -2.13. The molecule has 0 spiro atoms. The molecule has 0 saturated carbocycles. The molecule has 0 amide bonds.